The Morgan fingerprint density at radius 3 is 1.11 bits per heavy atom. The van der Waals surface area contributed by atoms with Crippen LogP contribution in [0.5, 0.6) is 23.0 Å². The highest BCUT2D eigenvalue weighted by Gasteiger charge is 2.14. The van der Waals surface area contributed by atoms with Crippen molar-refractivity contribution in [2.45, 2.75) is 0 Å². The van der Waals surface area contributed by atoms with Crippen molar-refractivity contribution in [1.82, 2.24) is 0 Å². The third-order valence-electron chi connectivity index (χ3n) is 5.58. The van der Waals surface area contributed by atoms with Gasteiger partial charge in [-0.2, -0.15) is 0 Å². The van der Waals surface area contributed by atoms with Gasteiger partial charge in [-0.15, -0.1) is 0 Å². The van der Waals surface area contributed by atoms with E-state index in [0.29, 0.717) is 33.8 Å². The van der Waals surface area contributed by atoms with Gasteiger partial charge >= 0.3 is 0 Å². The average molecular weight is 471 g/mol. The van der Waals surface area contributed by atoms with Crippen LogP contribution in [0.2, 0.25) is 0 Å². The normalized spacial score (nSPS) is 10.4. The molecule has 4 heteroatoms. The molecule has 5 aromatic rings. The van der Waals surface area contributed by atoms with Gasteiger partial charge in [0.1, 0.15) is 23.0 Å². The van der Waals surface area contributed by atoms with E-state index in [0.717, 1.165) is 11.5 Å². The fourth-order valence-electron chi connectivity index (χ4n) is 3.73. The fraction of sp³-hybridized carbons (Fsp3) is 0. The van der Waals surface area contributed by atoms with Gasteiger partial charge in [0.2, 0.25) is 0 Å². The second kappa shape index (κ2) is 10.5. The molecule has 5 aromatic carbocycles. The Labute approximate surface area is 209 Å². The first-order chi connectivity index (χ1) is 17.7. The van der Waals surface area contributed by atoms with Gasteiger partial charge in [-0.25, -0.2) is 0 Å². The molecule has 0 aliphatic heterocycles. The van der Waals surface area contributed by atoms with Gasteiger partial charge in [0.05, 0.1) is 0 Å². The highest BCUT2D eigenvalue weighted by atomic mass is 16.5. The summed E-state index contributed by atoms with van der Waals surface area (Å²) in [5, 5.41) is 0. The largest absolute Gasteiger partial charge is 0.457 e. The van der Waals surface area contributed by atoms with E-state index in [1.807, 2.05) is 60.7 Å². The number of hydrogen-bond donors (Lipinski definition) is 0. The fourth-order valence-corrected chi connectivity index (χ4v) is 3.73. The molecule has 0 aromatic heterocycles. The minimum absolute atomic E-state index is 0.164. The molecule has 4 nitrogen and oxygen atoms in total. The van der Waals surface area contributed by atoms with Crippen LogP contribution < -0.4 is 9.47 Å². The Bertz CT molecular complexity index is 1360. The standard InChI is InChI=1S/C32H22O4/c33-31(23-14-18-29(19-15-23)35-27-10-3-1-4-11-27)25-8-7-9-26(22-25)32(34)24-16-20-30(21-17-24)36-28-12-5-2-6-13-28/h1-22H. The van der Waals surface area contributed by atoms with Crippen molar-refractivity contribution in [3.63, 3.8) is 0 Å². The van der Waals surface area contributed by atoms with Crippen molar-refractivity contribution in [3.05, 3.63) is 156 Å². The van der Waals surface area contributed by atoms with Crippen molar-refractivity contribution in [2.75, 3.05) is 0 Å². The summed E-state index contributed by atoms with van der Waals surface area (Å²) < 4.78 is 11.6. The highest BCUT2D eigenvalue weighted by Crippen LogP contribution is 2.24. The molecular weight excluding hydrogens is 448 g/mol. The quantitative estimate of drug-likeness (QED) is 0.218. The Hall–Kier alpha value is -4.96. The Morgan fingerprint density at radius 2 is 0.722 bits per heavy atom. The van der Waals surface area contributed by atoms with Crippen molar-refractivity contribution < 1.29 is 19.1 Å². The lowest BCUT2D eigenvalue weighted by molar-refractivity contribution is 0.103. The van der Waals surface area contributed by atoms with Gasteiger partial charge in [0.25, 0.3) is 0 Å². The summed E-state index contributed by atoms with van der Waals surface area (Å²) in [4.78, 5) is 26.2. The molecule has 0 fully saturated rings. The maximum atomic E-state index is 13.1. The maximum Gasteiger partial charge on any atom is 0.193 e. The van der Waals surface area contributed by atoms with Gasteiger partial charge < -0.3 is 9.47 Å². The van der Waals surface area contributed by atoms with E-state index in [4.69, 9.17) is 9.47 Å². The first-order valence-corrected chi connectivity index (χ1v) is 11.5. The monoisotopic (exact) mass is 470 g/mol. The van der Waals surface area contributed by atoms with Gasteiger partial charge in [-0.1, -0.05) is 54.6 Å². The molecule has 0 saturated carbocycles. The van der Waals surface area contributed by atoms with Crippen LogP contribution in [0.25, 0.3) is 0 Å². The molecule has 0 saturated heterocycles. The van der Waals surface area contributed by atoms with Crippen LogP contribution in [-0.4, -0.2) is 11.6 Å². The topological polar surface area (TPSA) is 52.6 Å². The van der Waals surface area contributed by atoms with E-state index in [2.05, 4.69) is 0 Å². The second-order valence-electron chi connectivity index (χ2n) is 8.12. The third kappa shape index (κ3) is 5.40. The van der Waals surface area contributed by atoms with Crippen LogP contribution in [0.1, 0.15) is 31.8 Å². The minimum atomic E-state index is -0.164. The number of ether oxygens (including phenoxy) is 2. The summed E-state index contributed by atoms with van der Waals surface area (Å²) in [6.45, 7) is 0. The molecule has 0 bridgehead atoms. The van der Waals surface area contributed by atoms with Crippen molar-refractivity contribution in [3.8, 4) is 23.0 Å². The lowest BCUT2D eigenvalue weighted by atomic mass is 9.97. The molecule has 5 rings (SSSR count). The first kappa shape index (κ1) is 22.8. The Morgan fingerprint density at radius 1 is 0.361 bits per heavy atom. The molecule has 36 heavy (non-hydrogen) atoms. The predicted molar refractivity (Wildman–Crippen MR) is 139 cm³/mol. The molecule has 0 heterocycles. The van der Waals surface area contributed by atoms with Gasteiger partial charge in [0, 0.05) is 22.3 Å². The first-order valence-electron chi connectivity index (χ1n) is 11.5. The molecule has 0 unspecified atom stereocenters. The smallest absolute Gasteiger partial charge is 0.193 e. The number of benzene rings is 5. The van der Waals surface area contributed by atoms with E-state index in [-0.39, 0.29) is 11.6 Å². The second-order valence-corrected chi connectivity index (χ2v) is 8.12. The molecule has 0 spiro atoms. The zero-order valence-corrected chi connectivity index (χ0v) is 19.3. The summed E-state index contributed by atoms with van der Waals surface area (Å²) in [7, 11) is 0. The Balaban J connectivity index is 1.28. The number of carbonyl (C=O) groups excluding carboxylic acids is 2. The molecule has 0 N–H and O–H groups in total. The number of para-hydroxylation sites is 2. The van der Waals surface area contributed by atoms with Gasteiger partial charge in [-0.3, -0.25) is 9.59 Å². The predicted octanol–water partition coefficient (Wildman–Crippen LogP) is 7.73. The molecule has 0 aliphatic rings. The molecule has 0 atom stereocenters. The summed E-state index contributed by atoms with van der Waals surface area (Å²) in [5.41, 5.74) is 1.92. The van der Waals surface area contributed by atoms with E-state index in [1.165, 1.54) is 0 Å². The van der Waals surface area contributed by atoms with Crippen molar-refractivity contribution in [1.29, 1.82) is 0 Å². The van der Waals surface area contributed by atoms with Gasteiger partial charge in [0.15, 0.2) is 11.6 Å². The van der Waals surface area contributed by atoms with Crippen LogP contribution in [0.4, 0.5) is 0 Å². The zero-order chi connectivity index (χ0) is 24.7. The van der Waals surface area contributed by atoms with Crippen molar-refractivity contribution in [2.24, 2.45) is 0 Å². The summed E-state index contributed by atoms with van der Waals surface area (Å²) in [6, 6.07) is 39.6. The van der Waals surface area contributed by atoms with Crippen molar-refractivity contribution >= 4 is 11.6 Å². The maximum absolute atomic E-state index is 13.1. The average Bonchev–Trinajstić information content (AvgIpc) is 2.94. The summed E-state index contributed by atoms with van der Waals surface area (Å²) in [6.07, 6.45) is 0. The molecule has 174 valence electrons. The number of hydrogen-bond acceptors (Lipinski definition) is 4. The molecular formula is C32H22O4. The SMILES string of the molecule is O=C(c1ccc(Oc2ccccc2)cc1)c1cccc(C(=O)c2ccc(Oc3ccccc3)cc2)c1. The van der Waals surface area contributed by atoms with Crippen LogP contribution in [-0.2, 0) is 0 Å². The lowest BCUT2D eigenvalue weighted by Crippen LogP contribution is -2.06. The number of rotatable bonds is 8. The summed E-state index contributed by atoms with van der Waals surface area (Å²) in [5.74, 6) is 2.40. The van der Waals surface area contributed by atoms with Crippen LogP contribution >= 0.6 is 0 Å². The van der Waals surface area contributed by atoms with Crippen LogP contribution in [0, 0.1) is 0 Å². The molecule has 0 amide bonds. The summed E-state index contributed by atoms with van der Waals surface area (Å²) >= 11 is 0. The van der Waals surface area contributed by atoms with E-state index in [1.54, 1.807) is 72.8 Å². The van der Waals surface area contributed by atoms with Crippen LogP contribution in [0.3, 0.4) is 0 Å². The van der Waals surface area contributed by atoms with E-state index >= 15 is 0 Å². The third-order valence-corrected chi connectivity index (χ3v) is 5.58. The van der Waals surface area contributed by atoms with E-state index < -0.39 is 0 Å². The number of ketones is 2. The Kier molecular flexibility index (Phi) is 6.68. The molecule has 0 radical (unpaired) electrons. The van der Waals surface area contributed by atoms with E-state index in [9.17, 15) is 9.59 Å². The highest BCUT2D eigenvalue weighted by molar-refractivity contribution is 6.13. The number of carbonyl (C=O) groups is 2. The zero-order valence-electron chi connectivity index (χ0n) is 19.3. The van der Waals surface area contributed by atoms with Gasteiger partial charge in [-0.05, 0) is 78.9 Å². The molecule has 0 aliphatic carbocycles. The minimum Gasteiger partial charge on any atom is -0.457 e. The lowest BCUT2D eigenvalue weighted by Gasteiger charge is -2.08. The van der Waals surface area contributed by atoms with Crippen LogP contribution in [0.15, 0.2) is 133 Å².